The molecule has 6 bridgehead atoms. The fraction of sp³-hybridized carbons (Fsp3) is 1.00. The van der Waals surface area contributed by atoms with E-state index in [2.05, 4.69) is 20.8 Å². The topological polar surface area (TPSA) is 27.7 Å². The Hall–Kier alpha value is -0.120. The molecule has 0 aromatic heterocycles. The van der Waals surface area contributed by atoms with Crippen molar-refractivity contribution in [1.82, 2.24) is 0 Å². The Bertz CT molecular complexity index is 273. The molecule has 5 fully saturated rings. The van der Waals surface area contributed by atoms with Crippen LogP contribution < -0.4 is 0 Å². The second-order valence-electron chi connectivity index (χ2n) is 6.90. The fourth-order valence-electron chi connectivity index (χ4n) is 4.87. The van der Waals surface area contributed by atoms with Gasteiger partial charge in [0.15, 0.2) is 18.9 Å². The molecule has 0 aromatic rings. The van der Waals surface area contributed by atoms with E-state index in [1.54, 1.807) is 0 Å². The highest BCUT2D eigenvalue weighted by molar-refractivity contribution is 5.10. The summed E-state index contributed by atoms with van der Waals surface area (Å²) in [7, 11) is 0. The Kier molecular flexibility index (Phi) is 1.27. The standard InChI is InChI=1S/C12H18O3/c1-10-4-11(2)6-12(3,5-10)9-14-7(10)13-8(11)15-9/h7-9H,4-6H2,1-3H3. The molecule has 1 saturated carbocycles. The van der Waals surface area contributed by atoms with E-state index in [1.807, 2.05) is 0 Å². The molecule has 0 radical (unpaired) electrons. The van der Waals surface area contributed by atoms with Gasteiger partial charge in [-0.15, -0.1) is 0 Å². The first kappa shape index (κ1) is 8.97. The lowest BCUT2D eigenvalue weighted by Crippen LogP contribution is -2.72. The van der Waals surface area contributed by atoms with Crippen LogP contribution in [0, 0.1) is 16.2 Å². The van der Waals surface area contributed by atoms with Gasteiger partial charge in [0.05, 0.1) is 0 Å². The van der Waals surface area contributed by atoms with Crippen molar-refractivity contribution in [3.8, 4) is 0 Å². The lowest BCUT2D eigenvalue weighted by atomic mass is 9.50. The van der Waals surface area contributed by atoms with Crippen LogP contribution in [0.25, 0.3) is 0 Å². The van der Waals surface area contributed by atoms with Gasteiger partial charge in [0.25, 0.3) is 0 Å². The van der Waals surface area contributed by atoms with Crippen LogP contribution in [0.5, 0.6) is 0 Å². The molecule has 0 spiro atoms. The van der Waals surface area contributed by atoms with Crippen molar-refractivity contribution in [2.24, 2.45) is 16.2 Å². The predicted octanol–water partition coefficient (Wildman–Crippen LogP) is 2.26. The maximum atomic E-state index is 5.91. The van der Waals surface area contributed by atoms with Crippen molar-refractivity contribution < 1.29 is 14.2 Å². The number of hydrogen-bond donors (Lipinski definition) is 0. The second-order valence-corrected chi connectivity index (χ2v) is 6.90. The molecule has 0 atom stereocenters. The summed E-state index contributed by atoms with van der Waals surface area (Å²) in [5.74, 6) is 0. The van der Waals surface area contributed by atoms with Crippen LogP contribution in [-0.2, 0) is 14.2 Å². The summed E-state index contributed by atoms with van der Waals surface area (Å²) in [6, 6.07) is 0. The third kappa shape index (κ3) is 0.855. The average molecular weight is 210 g/mol. The zero-order valence-corrected chi connectivity index (χ0v) is 9.58. The Morgan fingerprint density at radius 1 is 0.667 bits per heavy atom. The summed E-state index contributed by atoms with van der Waals surface area (Å²) in [5, 5.41) is 0. The SMILES string of the molecule is CC12CC3(C)CC(C)(C1)C1OC2OC3O1. The first-order chi connectivity index (χ1) is 6.94. The highest BCUT2D eigenvalue weighted by Gasteiger charge is 2.70. The van der Waals surface area contributed by atoms with Crippen molar-refractivity contribution in [3.05, 3.63) is 0 Å². The molecule has 4 aliphatic heterocycles. The normalized spacial score (nSPS) is 70.2. The van der Waals surface area contributed by atoms with Crippen LogP contribution in [-0.4, -0.2) is 18.9 Å². The maximum absolute atomic E-state index is 5.91. The summed E-state index contributed by atoms with van der Waals surface area (Å²) in [6.07, 6.45) is 3.46. The predicted molar refractivity (Wildman–Crippen MR) is 52.8 cm³/mol. The van der Waals surface area contributed by atoms with Gasteiger partial charge in [0.1, 0.15) is 0 Å². The van der Waals surface area contributed by atoms with Gasteiger partial charge in [0, 0.05) is 16.2 Å². The van der Waals surface area contributed by atoms with Gasteiger partial charge in [0.2, 0.25) is 0 Å². The summed E-state index contributed by atoms with van der Waals surface area (Å²) >= 11 is 0. The molecule has 5 rings (SSSR count). The molecule has 1 aliphatic carbocycles. The van der Waals surface area contributed by atoms with Gasteiger partial charge < -0.3 is 14.2 Å². The van der Waals surface area contributed by atoms with E-state index < -0.39 is 0 Å². The average Bonchev–Trinajstić information content (AvgIpc) is 2.12. The number of hydrogen-bond acceptors (Lipinski definition) is 3. The van der Waals surface area contributed by atoms with E-state index in [0.717, 1.165) is 0 Å². The van der Waals surface area contributed by atoms with E-state index in [1.165, 1.54) is 19.3 Å². The van der Waals surface area contributed by atoms with Gasteiger partial charge in [-0.2, -0.15) is 0 Å². The van der Waals surface area contributed by atoms with Gasteiger partial charge in [-0.05, 0) is 19.3 Å². The van der Waals surface area contributed by atoms with E-state index in [-0.39, 0.29) is 35.1 Å². The Labute approximate surface area is 90.1 Å². The van der Waals surface area contributed by atoms with E-state index >= 15 is 0 Å². The molecule has 5 aliphatic rings. The Balaban J connectivity index is 1.90. The van der Waals surface area contributed by atoms with Gasteiger partial charge in [-0.1, -0.05) is 20.8 Å². The highest BCUT2D eigenvalue weighted by atomic mass is 16.9. The Morgan fingerprint density at radius 2 is 0.933 bits per heavy atom. The van der Waals surface area contributed by atoms with Crippen LogP contribution in [0.3, 0.4) is 0 Å². The molecule has 0 N–H and O–H groups in total. The second kappa shape index (κ2) is 2.13. The molecular formula is C12H18O3. The summed E-state index contributed by atoms with van der Waals surface area (Å²) in [6.45, 7) is 6.93. The zero-order valence-electron chi connectivity index (χ0n) is 9.58. The van der Waals surface area contributed by atoms with Crippen molar-refractivity contribution in [3.63, 3.8) is 0 Å². The minimum Gasteiger partial charge on any atom is -0.322 e. The van der Waals surface area contributed by atoms with Crippen molar-refractivity contribution in [1.29, 1.82) is 0 Å². The van der Waals surface area contributed by atoms with Gasteiger partial charge in [-0.25, -0.2) is 0 Å². The molecule has 84 valence electrons. The number of ether oxygens (including phenoxy) is 3. The first-order valence-electron chi connectivity index (χ1n) is 5.90. The monoisotopic (exact) mass is 210 g/mol. The third-order valence-electron chi connectivity index (χ3n) is 4.87. The molecule has 3 heteroatoms. The summed E-state index contributed by atoms with van der Waals surface area (Å²) in [5.41, 5.74) is 0.621. The molecular weight excluding hydrogens is 192 g/mol. The lowest BCUT2D eigenvalue weighted by molar-refractivity contribution is -0.522. The molecule has 3 nitrogen and oxygen atoms in total. The molecule has 0 unspecified atom stereocenters. The van der Waals surface area contributed by atoms with E-state index in [0.29, 0.717) is 0 Å². The molecule has 4 saturated heterocycles. The van der Waals surface area contributed by atoms with Crippen LogP contribution in [0.2, 0.25) is 0 Å². The minimum atomic E-state index is -0.0253. The smallest absolute Gasteiger partial charge is 0.169 e. The van der Waals surface area contributed by atoms with Gasteiger partial charge >= 0.3 is 0 Å². The summed E-state index contributed by atoms with van der Waals surface area (Å²) < 4.78 is 17.7. The van der Waals surface area contributed by atoms with Crippen LogP contribution in [0.15, 0.2) is 0 Å². The maximum Gasteiger partial charge on any atom is 0.169 e. The first-order valence-corrected chi connectivity index (χ1v) is 5.90. The number of rotatable bonds is 0. The Morgan fingerprint density at radius 3 is 1.20 bits per heavy atom. The van der Waals surface area contributed by atoms with Crippen molar-refractivity contribution >= 4 is 0 Å². The molecule has 0 amide bonds. The molecule has 0 aromatic carbocycles. The van der Waals surface area contributed by atoms with Crippen molar-refractivity contribution in [2.45, 2.75) is 58.9 Å². The minimum absolute atomic E-state index is 0.0253. The van der Waals surface area contributed by atoms with E-state index in [9.17, 15) is 0 Å². The fourth-order valence-corrected chi connectivity index (χ4v) is 4.87. The molecule has 4 heterocycles. The van der Waals surface area contributed by atoms with Crippen LogP contribution in [0.1, 0.15) is 40.0 Å². The highest BCUT2D eigenvalue weighted by Crippen LogP contribution is 2.69. The quantitative estimate of drug-likeness (QED) is 0.613. The largest absolute Gasteiger partial charge is 0.322 e. The van der Waals surface area contributed by atoms with Crippen LogP contribution in [0.4, 0.5) is 0 Å². The van der Waals surface area contributed by atoms with E-state index in [4.69, 9.17) is 14.2 Å². The zero-order chi connectivity index (χ0) is 10.5. The van der Waals surface area contributed by atoms with Gasteiger partial charge in [-0.3, -0.25) is 0 Å². The summed E-state index contributed by atoms with van der Waals surface area (Å²) in [4.78, 5) is 0. The van der Waals surface area contributed by atoms with Crippen molar-refractivity contribution in [2.75, 3.05) is 0 Å². The van der Waals surface area contributed by atoms with Crippen LogP contribution >= 0.6 is 0 Å². The molecule has 15 heavy (non-hydrogen) atoms. The third-order valence-corrected chi connectivity index (χ3v) is 4.87. The lowest BCUT2D eigenvalue weighted by Gasteiger charge is -2.70.